The maximum absolute atomic E-state index is 13.5. The molecule has 0 saturated carbocycles. The van der Waals surface area contributed by atoms with Crippen LogP contribution >= 0.6 is 24.0 Å². The predicted molar refractivity (Wildman–Crippen MR) is 66.8 cm³/mol. The molecule has 16 heavy (non-hydrogen) atoms. The van der Waals surface area contributed by atoms with Gasteiger partial charge in [-0.05, 0) is 18.2 Å². The molecular formula is C11H10FNOS2. The van der Waals surface area contributed by atoms with E-state index in [1.165, 1.54) is 24.5 Å². The summed E-state index contributed by atoms with van der Waals surface area (Å²) < 4.78 is 18.3. The Kier molecular flexibility index (Phi) is 3.46. The molecule has 1 heterocycles. The number of benzene rings is 1. The summed E-state index contributed by atoms with van der Waals surface area (Å²) >= 11 is 5.62. The zero-order valence-corrected chi connectivity index (χ0v) is 10.3. The largest absolute Gasteiger partial charge is 0.494 e. The molecule has 2 nitrogen and oxygen atoms in total. The average molecular weight is 255 g/mol. The van der Waals surface area contributed by atoms with Crippen LogP contribution in [0, 0.1) is 5.82 Å². The number of ether oxygens (including phenoxy) is 1. The molecule has 1 aromatic heterocycles. The van der Waals surface area contributed by atoms with E-state index in [-0.39, 0.29) is 11.6 Å². The quantitative estimate of drug-likeness (QED) is 0.849. The van der Waals surface area contributed by atoms with E-state index in [1.54, 1.807) is 12.1 Å². The maximum Gasteiger partial charge on any atom is 0.165 e. The van der Waals surface area contributed by atoms with Gasteiger partial charge in [-0.2, -0.15) is 12.6 Å². The van der Waals surface area contributed by atoms with Crippen LogP contribution in [0.25, 0.3) is 10.6 Å². The van der Waals surface area contributed by atoms with Gasteiger partial charge in [0.05, 0.1) is 12.8 Å². The fraction of sp³-hybridized carbons (Fsp3) is 0.182. The molecule has 1 aromatic carbocycles. The van der Waals surface area contributed by atoms with Gasteiger partial charge in [0.15, 0.2) is 11.6 Å². The van der Waals surface area contributed by atoms with Gasteiger partial charge in [-0.3, -0.25) is 0 Å². The minimum absolute atomic E-state index is 0.245. The van der Waals surface area contributed by atoms with E-state index in [0.717, 1.165) is 16.3 Å². The summed E-state index contributed by atoms with van der Waals surface area (Å²) in [5, 5.41) is 2.72. The highest BCUT2D eigenvalue weighted by atomic mass is 32.1. The maximum atomic E-state index is 13.5. The third-order valence-corrected chi connectivity index (χ3v) is 3.38. The van der Waals surface area contributed by atoms with Crippen molar-refractivity contribution in [1.82, 2.24) is 4.98 Å². The molecule has 2 aromatic rings. The van der Waals surface area contributed by atoms with Crippen LogP contribution in [0.3, 0.4) is 0 Å². The number of methoxy groups -OCH3 is 1. The minimum Gasteiger partial charge on any atom is -0.494 e. The van der Waals surface area contributed by atoms with Crippen molar-refractivity contribution in [2.24, 2.45) is 0 Å². The predicted octanol–water partition coefficient (Wildman–Crippen LogP) is 3.39. The summed E-state index contributed by atoms with van der Waals surface area (Å²) in [6.45, 7) is 0. The van der Waals surface area contributed by atoms with Gasteiger partial charge in [0.25, 0.3) is 0 Å². The second-order valence-corrected chi connectivity index (χ2v) is 4.33. The summed E-state index contributed by atoms with van der Waals surface area (Å²) in [5.41, 5.74) is 1.66. The average Bonchev–Trinajstić information content (AvgIpc) is 2.77. The van der Waals surface area contributed by atoms with Crippen LogP contribution in [-0.4, -0.2) is 12.1 Å². The SMILES string of the molecule is COc1ccc(-c2nc(CS)cs2)cc1F. The number of hydrogen-bond donors (Lipinski definition) is 1. The van der Waals surface area contributed by atoms with E-state index in [9.17, 15) is 4.39 Å². The Morgan fingerprint density at radius 1 is 1.50 bits per heavy atom. The molecule has 0 aliphatic rings. The number of halogens is 1. The normalized spacial score (nSPS) is 10.4. The van der Waals surface area contributed by atoms with Crippen LogP contribution in [-0.2, 0) is 5.75 Å². The van der Waals surface area contributed by atoms with Crippen molar-refractivity contribution in [3.8, 4) is 16.3 Å². The Bertz CT molecular complexity index is 498. The molecule has 0 saturated heterocycles. The van der Waals surface area contributed by atoms with Crippen LogP contribution in [0.4, 0.5) is 4.39 Å². The van der Waals surface area contributed by atoms with Gasteiger partial charge in [0.2, 0.25) is 0 Å². The summed E-state index contributed by atoms with van der Waals surface area (Å²) in [4.78, 5) is 4.33. The number of hydrogen-bond acceptors (Lipinski definition) is 4. The van der Waals surface area contributed by atoms with Crippen LogP contribution in [0.5, 0.6) is 5.75 Å². The van der Waals surface area contributed by atoms with Gasteiger partial charge in [-0.25, -0.2) is 9.37 Å². The molecule has 0 amide bonds. The van der Waals surface area contributed by atoms with E-state index in [2.05, 4.69) is 17.6 Å². The molecule has 0 radical (unpaired) electrons. The molecule has 0 aliphatic heterocycles. The number of thiazole rings is 1. The molecule has 0 fully saturated rings. The lowest BCUT2D eigenvalue weighted by atomic mass is 10.2. The van der Waals surface area contributed by atoms with Gasteiger partial charge in [0, 0.05) is 16.7 Å². The van der Waals surface area contributed by atoms with Crippen molar-refractivity contribution in [3.63, 3.8) is 0 Å². The highest BCUT2D eigenvalue weighted by Gasteiger charge is 2.08. The minimum atomic E-state index is -0.373. The number of nitrogens with zero attached hydrogens (tertiary/aromatic N) is 1. The van der Waals surface area contributed by atoms with Crippen LogP contribution in [0.15, 0.2) is 23.6 Å². The third kappa shape index (κ3) is 2.20. The highest BCUT2D eigenvalue weighted by molar-refractivity contribution is 7.79. The van der Waals surface area contributed by atoms with Crippen molar-refractivity contribution in [1.29, 1.82) is 0 Å². The van der Waals surface area contributed by atoms with E-state index in [0.29, 0.717) is 5.75 Å². The summed E-state index contributed by atoms with van der Waals surface area (Å²) in [6, 6.07) is 4.83. The first-order valence-corrected chi connectivity index (χ1v) is 6.15. The molecule has 0 bridgehead atoms. The van der Waals surface area contributed by atoms with Gasteiger partial charge < -0.3 is 4.74 Å². The molecule has 0 aliphatic carbocycles. The molecule has 0 unspecified atom stereocenters. The van der Waals surface area contributed by atoms with Gasteiger partial charge in [-0.1, -0.05) is 0 Å². The zero-order valence-electron chi connectivity index (χ0n) is 8.61. The molecule has 0 spiro atoms. The Labute approximate surface area is 103 Å². The topological polar surface area (TPSA) is 22.1 Å². The molecule has 84 valence electrons. The first-order chi connectivity index (χ1) is 7.74. The van der Waals surface area contributed by atoms with Crippen LogP contribution in [0.1, 0.15) is 5.69 Å². The summed E-state index contributed by atoms with van der Waals surface area (Å²) in [5.74, 6) is 0.465. The Balaban J connectivity index is 2.37. The third-order valence-electron chi connectivity index (χ3n) is 2.11. The molecule has 2 rings (SSSR count). The first-order valence-electron chi connectivity index (χ1n) is 4.63. The molecule has 0 N–H and O–H groups in total. The van der Waals surface area contributed by atoms with E-state index >= 15 is 0 Å². The van der Waals surface area contributed by atoms with E-state index in [4.69, 9.17) is 4.74 Å². The molecule has 5 heteroatoms. The zero-order chi connectivity index (χ0) is 11.5. The van der Waals surface area contributed by atoms with Gasteiger partial charge in [0.1, 0.15) is 5.01 Å². The Morgan fingerprint density at radius 3 is 2.88 bits per heavy atom. The lowest BCUT2D eigenvalue weighted by molar-refractivity contribution is 0.386. The Hall–Kier alpha value is -1.07. The molecule has 0 atom stereocenters. The van der Waals surface area contributed by atoms with Crippen molar-refractivity contribution in [3.05, 3.63) is 35.1 Å². The van der Waals surface area contributed by atoms with Gasteiger partial charge >= 0.3 is 0 Å². The van der Waals surface area contributed by atoms with Crippen LogP contribution in [0.2, 0.25) is 0 Å². The number of aromatic nitrogens is 1. The second kappa shape index (κ2) is 4.84. The first kappa shape index (κ1) is 11.4. The van der Waals surface area contributed by atoms with Gasteiger partial charge in [-0.15, -0.1) is 11.3 Å². The molecular weight excluding hydrogens is 245 g/mol. The number of rotatable bonds is 3. The van der Waals surface area contributed by atoms with Crippen LogP contribution < -0.4 is 4.74 Å². The second-order valence-electron chi connectivity index (χ2n) is 3.15. The smallest absolute Gasteiger partial charge is 0.165 e. The van der Waals surface area contributed by atoms with Crippen molar-refractivity contribution in [2.45, 2.75) is 5.75 Å². The van der Waals surface area contributed by atoms with Crippen molar-refractivity contribution >= 4 is 24.0 Å². The fourth-order valence-corrected chi connectivity index (χ4v) is 2.41. The van der Waals surface area contributed by atoms with E-state index in [1.807, 2.05) is 5.38 Å². The summed E-state index contributed by atoms with van der Waals surface area (Å²) in [6.07, 6.45) is 0. The summed E-state index contributed by atoms with van der Waals surface area (Å²) in [7, 11) is 1.44. The van der Waals surface area contributed by atoms with E-state index < -0.39 is 0 Å². The standard InChI is InChI=1S/C11H10FNOS2/c1-14-10-3-2-7(4-9(10)12)11-13-8(5-15)6-16-11/h2-4,6,15H,5H2,1H3. The lowest BCUT2D eigenvalue weighted by Crippen LogP contribution is -1.88. The lowest BCUT2D eigenvalue weighted by Gasteiger charge is -2.02. The Morgan fingerprint density at radius 2 is 2.31 bits per heavy atom. The fourth-order valence-electron chi connectivity index (χ4n) is 1.31. The number of thiol groups is 1. The highest BCUT2D eigenvalue weighted by Crippen LogP contribution is 2.28. The monoisotopic (exact) mass is 255 g/mol. The van der Waals surface area contributed by atoms with Crippen molar-refractivity contribution in [2.75, 3.05) is 7.11 Å². The van der Waals surface area contributed by atoms with Crippen molar-refractivity contribution < 1.29 is 9.13 Å².